The van der Waals surface area contributed by atoms with Crippen LogP contribution in [-0.4, -0.2) is 26.0 Å². The van der Waals surface area contributed by atoms with Crippen LogP contribution in [0.3, 0.4) is 0 Å². The highest BCUT2D eigenvalue weighted by Gasteiger charge is 2.20. The van der Waals surface area contributed by atoms with Crippen molar-refractivity contribution in [1.29, 1.82) is 0 Å². The van der Waals surface area contributed by atoms with Crippen molar-refractivity contribution >= 4 is 28.7 Å². The van der Waals surface area contributed by atoms with Gasteiger partial charge in [0.15, 0.2) is 0 Å². The SMILES string of the molecule is O=C(O)c1cc(Nc2ccc([N+](=O)[O-])cc2[N+](=O)[O-])ccc1O. The number of hydrogen-bond acceptors (Lipinski definition) is 7. The average Bonchev–Trinajstić information content (AvgIpc) is 2.48. The quantitative estimate of drug-likeness (QED) is 0.431. The smallest absolute Gasteiger partial charge is 0.339 e. The third-order valence-corrected chi connectivity index (χ3v) is 2.89. The van der Waals surface area contributed by atoms with E-state index in [1.54, 1.807) is 0 Å². The maximum Gasteiger partial charge on any atom is 0.339 e. The van der Waals surface area contributed by atoms with Crippen LogP contribution in [0.15, 0.2) is 36.4 Å². The minimum atomic E-state index is -1.37. The number of nitrogens with zero attached hydrogens (tertiary/aromatic N) is 2. The van der Waals surface area contributed by atoms with E-state index in [0.29, 0.717) is 0 Å². The molecule has 0 radical (unpaired) electrons. The molecule has 10 nitrogen and oxygen atoms in total. The molecule has 3 N–H and O–H groups in total. The van der Waals surface area contributed by atoms with Crippen LogP contribution in [0.4, 0.5) is 22.7 Å². The van der Waals surface area contributed by atoms with Gasteiger partial charge in [-0.3, -0.25) is 20.2 Å². The lowest BCUT2D eigenvalue weighted by molar-refractivity contribution is -0.393. The molecule has 0 saturated carbocycles. The van der Waals surface area contributed by atoms with Crippen molar-refractivity contribution in [3.05, 3.63) is 62.2 Å². The number of nitrogens with one attached hydrogen (secondary N) is 1. The molecule has 2 rings (SSSR count). The summed E-state index contributed by atoms with van der Waals surface area (Å²) in [4.78, 5) is 31.1. The van der Waals surface area contributed by atoms with Gasteiger partial charge < -0.3 is 15.5 Å². The van der Waals surface area contributed by atoms with Crippen LogP contribution in [0.25, 0.3) is 0 Å². The van der Waals surface area contributed by atoms with Gasteiger partial charge in [0.1, 0.15) is 17.0 Å². The number of anilines is 2. The second-order valence-electron chi connectivity index (χ2n) is 4.38. The van der Waals surface area contributed by atoms with Gasteiger partial charge in [-0.05, 0) is 24.3 Å². The van der Waals surface area contributed by atoms with Gasteiger partial charge in [0.05, 0.1) is 15.9 Å². The summed E-state index contributed by atoms with van der Waals surface area (Å²) in [5, 5.41) is 42.6. The van der Waals surface area contributed by atoms with Crippen molar-refractivity contribution in [2.75, 3.05) is 5.32 Å². The molecular weight excluding hydrogens is 310 g/mol. The normalized spacial score (nSPS) is 10.1. The zero-order valence-corrected chi connectivity index (χ0v) is 11.3. The van der Waals surface area contributed by atoms with Crippen molar-refractivity contribution in [1.82, 2.24) is 0 Å². The molecule has 0 saturated heterocycles. The van der Waals surface area contributed by atoms with Gasteiger partial charge in [0, 0.05) is 11.8 Å². The molecule has 10 heteroatoms. The number of hydrogen-bond donors (Lipinski definition) is 3. The largest absolute Gasteiger partial charge is 0.507 e. The van der Waals surface area contributed by atoms with Gasteiger partial charge in [0.2, 0.25) is 0 Å². The first-order chi connectivity index (χ1) is 10.8. The molecule has 2 aromatic rings. The Morgan fingerprint density at radius 1 is 1.04 bits per heavy atom. The molecule has 0 unspecified atom stereocenters. The molecule has 2 aromatic carbocycles. The van der Waals surface area contributed by atoms with E-state index in [-0.39, 0.29) is 16.9 Å². The van der Waals surface area contributed by atoms with Crippen LogP contribution in [0.2, 0.25) is 0 Å². The number of aromatic hydroxyl groups is 1. The monoisotopic (exact) mass is 319 g/mol. The molecule has 0 aromatic heterocycles. The fraction of sp³-hybridized carbons (Fsp3) is 0. The van der Waals surface area contributed by atoms with Gasteiger partial charge in [-0.1, -0.05) is 0 Å². The third-order valence-electron chi connectivity index (χ3n) is 2.89. The molecule has 23 heavy (non-hydrogen) atoms. The Hall–Kier alpha value is -3.69. The minimum absolute atomic E-state index is 0.0531. The molecule has 118 valence electrons. The molecule has 0 aliphatic heterocycles. The predicted molar refractivity (Wildman–Crippen MR) is 78.1 cm³/mol. The minimum Gasteiger partial charge on any atom is -0.507 e. The number of carboxylic acid groups (broad SMARTS) is 1. The van der Waals surface area contributed by atoms with Crippen LogP contribution < -0.4 is 5.32 Å². The first kappa shape index (κ1) is 15.7. The maximum atomic E-state index is 11.0. The molecule has 0 atom stereocenters. The van der Waals surface area contributed by atoms with E-state index in [2.05, 4.69) is 5.32 Å². The average molecular weight is 319 g/mol. The Morgan fingerprint density at radius 3 is 2.30 bits per heavy atom. The van der Waals surface area contributed by atoms with Crippen LogP contribution in [0, 0.1) is 20.2 Å². The van der Waals surface area contributed by atoms with Crippen molar-refractivity contribution in [2.24, 2.45) is 0 Å². The summed E-state index contributed by atoms with van der Waals surface area (Å²) in [5.74, 6) is -1.83. The number of phenols is 1. The van der Waals surface area contributed by atoms with E-state index in [0.717, 1.165) is 30.3 Å². The number of non-ortho nitro benzene ring substituents is 1. The summed E-state index contributed by atoms with van der Waals surface area (Å²) in [5.41, 5.74) is -1.26. The number of carboxylic acids is 1. The number of carbonyl (C=O) groups is 1. The second-order valence-corrected chi connectivity index (χ2v) is 4.38. The first-order valence-corrected chi connectivity index (χ1v) is 6.05. The molecule has 0 spiro atoms. The zero-order chi connectivity index (χ0) is 17.1. The zero-order valence-electron chi connectivity index (χ0n) is 11.3. The summed E-state index contributed by atoms with van der Waals surface area (Å²) < 4.78 is 0. The van der Waals surface area contributed by atoms with Gasteiger partial charge in [-0.2, -0.15) is 0 Å². The topological polar surface area (TPSA) is 156 Å². The highest BCUT2D eigenvalue weighted by molar-refractivity contribution is 5.92. The first-order valence-electron chi connectivity index (χ1n) is 6.05. The predicted octanol–water partition coefficient (Wildman–Crippen LogP) is 2.65. The molecule has 0 bridgehead atoms. The van der Waals surface area contributed by atoms with E-state index in [1.165, 1.54) is 6.07 Å². The summed E-state index contributed by atoms with van der Waals surface area (Å²) in [6.07, 6.45) is 0. The summed E-state index contributed by atoms with van der Waals surface area (Å²) >= 11 is 0. The number of benzene rings is 2. The van der Waals surface area contributed by atoms with Gasteiger partial charge in [0.25, 0.3) is 11.4 Å². The molecule has 0 heterocycles. The maximum absolute atomic E-state index is 11.0. The summed E-state index contributed by atoms with van der Waals surface area (Å²) in [6, 6.07) is 6.52. The Kier molecular flexibility index (Phi) is 4.07. The molecule has 0 aliphatic carbocycles. The highest BCUT2D eigenvalue weighted by Crippen LogP contribution is 2.32. The van der Waals surface area contributed by atoms with Crippen molar-refractivity contribution < 1.29 is 24.9 Å². The van der Waals surface area contributed by atoms with E-state index < -0.39 is 32.9 Å². The van der Waals surface area contributed by atoms with Crippen LogP contribution >= 0.6 is 0 Å². The number of nitro groups is 2. The van der Waals surface area contributed by atoms with E-state index in [9.17, 15) is 30.1 Å². The summed E-state index contributed by atoms with van der Waals surface area (Å²) in [6.45, 7) is 0. The molecular formula is C13H9N3O7. The molecule has 0 amide bonds. The standard InChI is InChI=1S/C13H9N3O7/c17-12-4-1-7(5-9(12)13(18)19)14-10-3-2-8(15(20)21)6-11(10)16(22)23/h1-6,14,17H,(H,18,19). The Morgan fingerprint density at radius 2 is 1.74 bits per heavy atom. The van der Waals surface area contributed by atoms with Gasteiger partial charge >= 0.3 is 5.97 Å². The van der Waals surface area contributed by atoms with Crippen LogP contribution in [-0.2, 0) is 0 Å². The number of aromatic carboxylic acids is 1. The van der Waals surface area contributed by atoms with E-state index in [4.69, 9.17) is 5.11 Å². The van der Waals surface area contributed by atoms with Gasteiger partial charge in [-0.15, -0.1) is 0 Å². The second kappa shape index (κ2) is 5.97. The van der Waals surface area contributed by atoms with Crippen molar-refractivity contribution in [3.63, 3.8) is 0 Å². The summed E-state index contributed by atoms with van der Waals surface area (Å²) in [7, 11) is 0. The Bertz CT molecular complexity index is 819. The van der Waals surface area contributed by atoms with Gasteiger partial charge in [-0.25, -0.2) is 4.79 Å². The Labute approximate surface area is 127 Å². The van der Waals surface area contributed by atoms with E-state index >= 15 is 0 Å². The lowest BCUT2D eigenvalue weighted by atomic mass is 10.1. The fourth-order valence-corrected chi connectivity index (χ4v) is 1.83. The highest BCUT2D eigenvalue weighted by atomic mass is 16.6. The third kappa shape index (κ3) is 3.32. The fourth-order valence-electron chi connectivity index (χ4n) is 1.83. The van der Waals surface area contributed by atoms with E-state index in [1.807, 2.05) is 0 Å². The lowest BCUT2D eigenvalue weighted by Crippen LogP contribution is -2.01. The van der Waals surface area contributed by atoms with Crippen LogP contribution in [0.1, 0.15) is 10.4 Å². The lowest BCUT2D eigenvalue weighted by Gasteiger charge is -2.08. The number of rotatable bonds is 5. The van der Waals surface area contributed by atoms with Crippen molar-refractivity contribution in [2.45, 2.75) is 0 Å². The van der Waals surface area contributed by atoms with Crippen molar-refractivity contribution in [3.8, 4) is 5.75 Å². The number of nitro benzene ring substituents is 2. The molecule has 0 aliphatic rings. The van der Waals surface area contributed by atoms with Crippen LogP contribution in [0.5, 0.6) is 5.75 Å². The molecule has 0 fully saturated rings. The Balaban J connectivity index is 2.44.